The number of nitrogens with zero attached hydrogens (tertiary/aromatic N) is 2. The number of aryl methyl sites for hydroxylation is 1. The minimum absolute atomic E-state index is 0.199. The van der Waals surface area contributed by atoms with Gasteiger partial charge in [-0.3, -0.25) is 4.68 Å². The molecule has 0 radical (unpaired) electrons. The molecule has 142 valence electrons. The number of hydrogen-bond donors (Lipinski definition) is 1. The van der Waals surface area contributed by atoms with Crippen molar-refractivity contribution in [2.75, 3.05) is 5.32 Å². The molecule has 0 saturated heterocycles. The van der Waals surface area contributed by atoms with Crippen LogP contribution in [0.5, 0.6) is 0 Å². The van der Waals surface area contributed by atoms with Gasteiger partial charge in [0.15, 0.2) is 5.69 Å². The largest absolute Gasteiger partial charge is 0.435 e. The first-order chi connectivity index (χ1) is 12.7. The van der Waals surface area contributed by atoms with Gasteiger partial charge in [0.1, 0.15) is 11.6 Å². The molecule has 3 nitrogen and oxygen atoms in total. The maximum Gasteiger partial charge on any atom is 0.435 e. The molecular formula is C18H14F5N3S. The average Bonchev–Trinajstić information content (AvgIpc) is 3.19. The molecule has 0 atom stereocenters. The quantitative estimate of drug-likeness (QED) is 0.552. The molecule has 0 unspecified atom stereocenters. The first kappa shape index (κ1) is 19.1. The maximum atomic E-state index is 14.0. The third kappa shape index (κ3) is 3.87. The summed E-state index contributed by atoms with van der Waals surface area (Å²) in [6.45, 7) is 1.62. The zero-order valence-corrected chi connectivity index (χ0v) is 15.1. The Bertz CT molecular complexity index is 981. The number of halogens is 5. The van der Waals surface area contributed by atoms with Gasteiger partial charge in [-0.05, 0) is 37.3 Å². The van der Waals surface area contributed by atoms with E-state index < -0.39 is 23.5 Å². The Balaban J connectivity index is 1.89. The Morgan fingerprint density at radius 3 is 2.37 bits per heavy atom. The molecule has 2 aromatic heterocycles. The number of allylic oxidation sites excluding steroid dienone is 1. The number of thiophene rings is 1. The van der Waals surface area contributed by atoms with Crippen molar-refractivity contribution >= 4 is 22.0 Å². The van der Waals surface area contributed by atoms with Crippen molar-refractivity contribution in [1.82, 2.24) is 9.78 Å². The highest BCUT2D eigenvalue weighted by atomic mass is 32.1. The van der Waals surface area contributed by atoms with E-state index in [1.807, 2.05) is 0 Å². The molecular weight excluding hydrogens is 385 g/mol. The van der Waals surface area contributed by atoms with Gasteiger partial charge in [0.25, 0.3) is 0 Å². The van der Waals surface area contributed by atoms with E-state index in [9.17, 15) is 22.0 Å². The lowest BCUT2D eigenvalue weighted by molar-refractivity contribution is -0.141. The molecule has 0 amide bonds. The normalized spacial score (nSPS) is 12.5. The van der Waals surface area contributed by atoms with Crippen LogP contribution in [0.3, 0.4) is 0 Å². The van der Waals surface area contributed by atoms with Gasteiger partial charge < -0.3 is 5.32 Å². The van der Waals surface area contributed by atoms with E-state index in [2.05, 4.69) is 10.4 Å². The van der Waals surface area contributed by atoms with Crippen molar-refractivity contribution in [3.63, 3.8) is 0 Å². The van der Waals surface area contributed by atoms with E-state index in [1.165, 1.54) is 19.2 Å². The molecule has 0 bridgehead atoms. The number of aromatic nitrogens is 2. The molecule has 0 aliphatic rings. The molecule has 27 heavy (non-hydrogen) atoms. The Morgan fingerprint density at radius 1 is 1.15 bits per heavy atom. The van der Waals surface area contributed by atoms with Crippen molar-refractivity contribution < 1.29 is 22.0 Å². The predicted molar refractivity (Wildman–Crippen MR) is 95.2 cm³/mol. The molecule has 0 spiro atoms. The van der Waals surface area contributed by atoms with Crippen LogP contribution in [0.25, 0.3) is 16.3 Å². The van der Waals surface area contributed by atoms with Gasteiger partial charge in [-0.2, -0.15) is 18.3 Å². The fourth-order valence-electron chi connectivity index (χ4n) is 2.55. The third-order valence-electron chi connectivity index (χ3n) is 3.81. The number of anilines is 1. The topological polar surface area (TPSA) is 29.9 Å². The molecule has 9 heteroatoms. The average molecular weight is 399 g/mol. The van der Waals surface area contributed by atoms with E-state index in [1.54, 1.807) is 19.1 Å². The summed E-state index contributed by atoms with van der Waals surface area (Å²) >= 11 is 1.15. The molecule has 0 saturated carbocycles. The van der Waals surface area contributed by atoms with Crippen molar-refractivity contribution in [1.29, 1.82) is 0 Å². The first-order valence-electron chi connectivity index (χ1n) is 7.80. The Hall–Kier alpha value is -2.68. The van der Waals surface area contributed by atoms with Crippen LogP contribution in [0.1, 0.15) is 18.2 Å². The lowest BCUT2D eigenvalue weighted by Crippen LogP contribution is -2.06. The van der Waals surface area contributed by atoms with Crippen molar-refractivity contribution in [2.45, 2.75) is 13.1 Å². The van der Waals surface area contributed by atoms with Gasteiger partial charge in [-0.25, -0.2) is 8.78 Å². The van der Waals surface area contributed by atoms with Crippen molar-refractivity contribution in [3.05, 3.63) is 65.4 Å². The van der Waals surface area contributed by atoms with Gasteiger partial charge in [0, 0.05) is 12.7 Å². The predicted octanol–water partition coefficient (Wildman–Crippen LogP) is 5.92. The fourth-order valence-corrected chi connectivity index (χ4v) is 3.51. The van der Waals surface area contributed by atoms with Crippen LogP contribution in [-0.4, -0.2) is 9.78 Å². The molecule has 1 N–H and O–H groups in total. The highest BCUT2D eigenvalue weighted by Gasteiger charge is 2.34. The van der Waals surface area contributed by atoms with Gasteiger partial charge in [-0.1, -0.05) is 12.1 Å². The summed E-state index contributed by atoms with van der Waals surface area (Å²) in [4.78, 5) is 0.535. The van der Waals surface area contributed by atoms with Gasteiger partial charge in [-0.15, -0.1) is 11.3 Å². The summed E-state index contributed by atoms with van der Waals surface area (Å²) in [5.41, 5.74) is -0.667. The molecule has 2 heterocycles. The Labute approximate surface area is 155 Å². The van der Waals surface area contributed by atoms with E-state index in [4.69, 9.17) is 0 Å². The summed E-state index contributed by atoms with van der Waals surface area (Å²) in [7, 11) is 1.42. The monoisotopic (exact) mass is 399 g/mol. The zero-order chi connectivity index (χ0) is 19.8. The van der Waals surface area contributed by atoms with Gasteiger partial charge in [0.05, 0.1) is 21.1 Å². The molecule has 3 rings (SSSR count). The van der Waals surface area contributed by atoms with Crippen LogP contribution >= 0.6 is 11.3 Å². The van der Waals surface area contributed by atoms with Crippen LogP contribution in [0.4, 0.5) is 27.0 Å². The molecule has 3 aromatic rings. The summed E-state index contributed by atoms with van der Waals surface area (Å²) in [6.07, 6.45) is -3.01. The second-order valence-electron chi connectivity index (χ2n) is 5.62. The summed E-state index contributed by atoms with van der Waals surface area (Å²) in [5, 5.41) is 6.93. The highest BCUT2D eigenvalue weighted by Crippen LogP contribution is 2.36. The second kappa shape index (κ2) is 7.15. The van der Waals surface area contributed by atoms with Gasteiger partial charge in [0.2, 0.25) is 0 Å². The van der Waals surface area contributed by atoms with E-state index in [0.717, 1.165) is 34.2 Å². The zero-order valence-electron chi connectivity index (χ0n) is 14.2. The standard InChI is InChI=1S/C18H14F5N3S/c1-3-12(17-10(19)5-4-6-11(17)20)24-16-8-7-14(27-16)13-9-15(18(21,22)23)25-26(13)2/h3-9,24H,1-2H3/b12-3+. The fraction of sp³-hybridized carbons (Fsp3) is 0.167. The number of alkyl halides is 3. The molecule has 0 aliphatic carbocycles. The summed E-state index contributed by atoms with van der Waals surface area (Å²) in [6, 6.07) is 7.78. The smallest absolute Gasteiger partial charge is 0.347 e. The summed E-state index contributed by atoms with van der Waals surface area (Å²) in [5.74, 6) is -1.43. The van der Waals surface area contributed by atoms with E-state index in [-0.39, 0.29) is 11.3 Å². The number of hydrogen-bond acceptors (Lipinski definition) is 3. The van der Waals surface area contributed by atoms with E-state index in [0.29, 0.717) is 15.6 Å². The maximum absolute atomic E-state index is 14.0. The lowest BCUT2D eigenvalue weighted by Gasteiger charge is -2.11. The number of nitrogens with one attached hydrogen (secondary N) is 1. The minimum atomic E-state index is -4.53. The minimum Gasteiger partial charge on any atom is -0.347 e. The van der Waals surface area contributed by atoms with Crippen LogP contribution < -0.4 is 5.32 Å². The molecule has 0 fully saturated rings. The SMILES string of the molecule is C/C=C(/Nc1ccc(-c2cc(C(F)(F)F)nn2C)s1)c1c(F)cccc1F. The molecule has 1 aromatic carbocycles. The first-order valence-corrected chi connectivity index (χ1v) is 8.61. The van der Waals surface area contributed by atoms with Crippen molar-refractivity contribution in [3.8, 4) is 10.6 Å². The third-order valence-corrected chi connectivity index (χ3v) is 4.83. The molecule has 0 aliphatic heterocycles. The van der Waals surface area contributed by atoms with Crippen LogP contribution in [-0.2, 0) is 13.2 Å². The Kier molecular flexibility index (Phi) is 5.05. The number of rotatable bonds is 4. The summed E-state index contributed by atoms with van der Waals surface area (Å²) < 4.78 is 67.6. The van der Waals surface area contributed by atoms with Crippen molar-refractivity contribution in [2.24, 2.45) is 7.05 Å². The van der Waals surface area contributed by atoms with Gasteiger partial charge >= 0.3 is 6.18 Å². The van der Waals surface area contributed by atoms with E-state index >= 15 is 0 Å². The Morgan fingerprint density at radius 2 is 1.81 bits per heavy atom. The number of benzene rings is 1. The lowest BCUT2D eigenvalue weighted by atomic mass is 10.1. The van der Waals surface area contributed by atoms with Crippen LogP contribution in [0.15, 0.2) is 42.5 Å². The van der Waals surface area contributed by atoms with Crippen LogP contribution in [0, 0.1) is 11.6 Å². The highest BCUT2D eigenvalue weighted by molar-refractivity contribution is 7.19. The van der Waals surface area contributed by atoms with Crippen LogP contribution in [0.2, 0.25) is 0 Å². The second-order valence-corrected chi connectivity index (χ2v) is 6.71.